The van der Waals surface area contributed by atoms with Crippen molar-refractivity contribution in [2.24, 2.45) is 0 Å². The highest BCUT2D eigenvalue weighted by Crippen LogP contribution is 2.25. The van der Waals surface area contributed by atoms with E-state index in [0.717, 1.165) is 0 Å². The number of hydrogen-bond acceptors (Lipinski definition) is 5. The third-order valence-corrected chi connectivity index (χ3v) is 4.13. The number of aromatic nitrogens is 3. The van der Waals surface area contributed by atoms with Gasteiger partial charge in [-0.15, -0.1) is 0 Å². The van der Waals surface area contributed by atoms with E-state index in [1.165, 1.54) is 19.2 Å². The molecule has 0 spiro atoms. The molecular weight excluding hydrogens is 348 g/mol. The molecule has 0 radical (unpaired) electrons. The lowest BCUT2D eigenvalue weighted by Gasteiger charge is -2.12. The number of nitrogens with one attached hydrogen (secondary N) is 1. The van der Waals surface area contributed by atoms with E-state index in [1.54, 1.807) is 29.9 Å². The van der Waals surface area contributed by atoms with Gasteiger partial charge in [-0.3, -0.25) is 4.79 Å². The Morgan fingerprint density at radius 3 is 2.59 bits per heavy atom. The Morgan fingerprint density at radius 2 is 1.96 bits per heavy atom. The number of aryl methyl sites for hydroxylation is 1. The maximum Gasteiger partial charge on any atom is 0.337 e. The van der Waals surface area contributed by atoms with Gasteiger partial charge in [0.25, 0.3) is 5.91 Å². The average Bonchev–Trinajstić information content (AvgIpc) is 3.04. The van der Waals surface area contributed by atoms with E-state index in [9.17, 15) is 14.7 Å². The van der Waals surface area contributed by atoms with Crippen molar-refractivity contribution < 1.29 is 19.4 Å². The molecule has 0 aliphatic heterocycles. The van der Waals surface area contributed by atoms with Gasteiger partial charge in [0, 0.05) is 11.7 Å². The topological polar surface area (TPSA) is 106 Å². The Balaban J connectivity index is 2.04. The molecule has 8 nitrogen and oxygen atoms in total. The highest BCUT2D eigenvalue weighted by Gasteiger charge is 2.19. The zero-order chi connectivity index (χ0) is 19.7. The fraction of sp³-hybridized carbons (Fsp3) is 0.263. The van der Waals surface area contributed by atoms with Crippen LogP contribution in [0.5, 0.6) is 5.75 Å². The minimum atomic E-state index is -1.16. The first kappa shape index (κ1) is 18.4. The van der Waals surface area contributed by atoms with E-state index in [1.807, 2.05) is 13.8 Å². The molecule has 2 aromatic heterocycles. The van der Waals surface area contributed by atoms with Gasteiger partial charge >= 0.3 is 5.97 Å². The molecule has 0 fully saturated rings. The van der Waals surface area contributed by atoms with Gasteiger partial charge in [-0.1, -0.05) is 0 Å². The van der Waals surface area contributed by atoms with E-state index in [4.69, 9.17) is 4.74 Å². The Kier molecular flexibility index (Phi) is 4.81. The van der Waals surface area contributed by atoms with Gasteiger partial charge in [0.2, 0.25) is 0 Å². The molecular formula is C19H20N4O4. The van der Waals surface area contributed by atoms with Crippen molar-refractivity contribution in [1.29, 1.82) is 0 Å². The number of benzene rings is 1. The first-order valence-corrected chi connectivity index (χ1v) is 8.39. The van der Waals surface area contributed by atoms with Gasteiger partial charge in [-0.25, -0.2) is 14.5 Å². The molecule has 0 atom stereocenters. The van der Waals surface area contributed by atoms with Crippen molar-refractivity contribution in [3.05, 3.63) is 47.3 Å². The van der Waals surface area contributed by atoms with Gasteiger partial charge in [-0.05, 0) is 45.0 Å². The number of carboxylic acid groups (broad SMARTS) is 1. The zero-order valence-electron chi connectivity index (χ0n) is 15.5. The van der Waals surface area contributed by atoms with E-state index >= 15 is 0 Å². The molecule has 2 heterocycles. The predicted molar refractivity (Wildman–Crippen MR) is 101 cm³/mol. The van der Waals surface area contributed by atoms with Crippen LogP contribution in [0.15, 0.2) is 30.5 Å². The summed E-state index contributed by atoms with van der Waals surface area (Å²) in [6.07, 6.45) is 1.60. The van der Waals surface area contributed by atoms with Crippen LogP contribution in [-0.2, 0) is 0 Å². The SMILES string of the molecule is COc1ccc(NC(=O)c2cc(C)nc3c2cnn3C(C)C)c(C(=O)O)c1. The summed E-state index contributed by atoms with van der Waals surface area (Å²) in [7, 11) is 1.45. The fourth-order valence-corrected chi connectivity index (χ4v) is 2.83. The van der Waals surface area contributed by atoms with Gasteiger partial charge in [0.05, 0.1) is 35.5 Å². The highest BCUT2D eigenvalue weighted by atomic mass is 16.5. The number of carboxylic acids is 1. The molecule has 3 rings (SSSR count). The minimum Gasteiger partial charge on any atom is -0.497 e. The quantitative estimate of drug-likeness (QED) is 0.716. The van der Waals surface area contributed by atoms with Gasteiger partial charge in [0.15, 0.2) is 5.65 Å². The molecule has 0 saturated heterocycles. The number of hydrogen-bond donors (Lipinski definition) is 2. The first-order valence-electron chi connectivity index (χ1n) is 8.39. The predicted octanol–water partition coefficient (Wildman–Crippen LogP) is 3.28. The molecule has 1 amide bonds. The first-order chi connectivity index (χ1) is 12.8. The van der Waals surface area contributed by atoms with Crippen LogP contribution in [0, 0.1) is 6.92 Å². The molecule has 0 aliphatic rings. The minimum absolute atomic E-state index is 0.0532. The maximum absolute atomic E-state index is 12.9. The lowest BCUT2D eigenvalue weighted by atomic mass is 10.1. The lowest BCUT2D eigenvalue weighted by molar-refractivity contribution is 0.0697. The van der Waals surface area contributed by atoms with Crippen LogP contribution >= 0.6 is 0 Å². The van der Waals surface area contributed by atoms with Crippen molar-refractivity contribution >= 4 is 28.6 Å². The number of carbonyl (C=O) groups is 2. The highest BCUT2D eigenvalue weighted by molar-refractivity contribution is 6.13. The monoisotopic (exact) mass is 368 g/mol. The summed E-state index contributed by atoms with van der Waals surface area (Å²) in [5, 5.41) is 17.0. The Morgan fingerprint density at radius 1 is 1.22 bits per heavy atom. The standard InChI is InChI=1S/C19H20N4O4/c1-10(2)23-17-15(9-20-23)13(7-11(3)21-17)18(24)22-16-6-5-12(27-4)8-14(16)19(25)26/h5-10H,1-4H3,(H,22,24)(H,25,26). The van der Waals surface area contributed by atoms with Crippen LogP contribution in [0.2, 0.25) is 0 Å². The smallest absolute Gasteiger partial charge is 0.337 e. The molecule has 0 bridgehead atoms. The number of aromatic carboxylic acids is 1. The fourth-order valence-electron chi connectivity index (χ4n) is 2.83. The average molecular weight is 368 g/mol. The van der Waals surface area contributed by atoms with Crippen LogP contribution in [0.1, 0.15) is 46.3 Å². The van der Waals surface area contributed by atoms with Crippen LogP contribution in [-0.4, -0.2) is 38.9 Å². The van der Waals surface area contributed by atoms with Gasteiger partial charge < -0.3 is 15.2 Å². The van der Waals surface area contributed by atoms with Crippen molar-refractivity contribution in [3.63, 3.8) is 0 Å². The molecule has 3 aromatic rings. The van der Waals surface area contributed by atoms with Crippen LogP contribution in [0.4, 0.5) is 5.69 Å². The molecule has 0 aliphatic carbocycles. The summed E-state index contributed by atoms with van der Waals surface area (Å²) in [5.74, 6) is -1.19. The number of pyridine rings is 1. The summed E-state index contributed by atoms with van der Waals surface area (Å²) < 4.78 is 6.80. The lowest BCUT2D eigenvalue weighted by Crippen LogP contribution is -2.16. The largest absolute Gasteiger partial charge is 0.497 e. The number of amides is 1. The van der Waals surface area contributed by atoms with Crippen LogP contribution < -0.4 is 10.1 Å². The van der Waals surface area contributed by atoms with Gasteiger partial charge in [-0.2, -0.15) is 5.10 Å². The molecule has 0 unspecified atom stereocenters. The summed E-state index contributed by atoms with van der Waals surface area (Å²) in [5.41, 5.74) is 1.80. The summed E-state index contributed by atoms with van der Waals surface area (Å²) >= 11 is 0. The summed E-state index contributed by atoms with van der Waals surface area (Å²) in [4.78, 5) is 28.9. The molecule has 2 N–H and O–H groups in total. The van der Waals surface area contributed by atoms with Crippen molar-refractivity contribution in [3.8, 4) is 5.75 Å². The number of nitrogens with zero attached hydrogens (tertiary/aromatic N) is 3. The number of anilines is 1. The van der Waals surface area contributed by atoms with Crippen LogP contribution in [0.25, 0.3) is 11.0 Å². The third-order valence-electron chi connectivity index (χ3n) is 4.13. The summed E-state index contributed by atoms with van der Waals surface area (Å²) in [6, 6.07) is 6.21. The normalized spacial score (nSPS) is 11.0. The molecule has 140 valence electrons. The summed E-state index contributed by atoms with van der Waals surface area (Å²) in [6.45, 7) is 5.75. The van der Waals surface area contributed by atoms with Crippen molar-refractivity contribution in [1.82, 2.24) is 14.8 Å². The van der Waals surface area contributed by atoms with E-state index in [-0.39, 0.29) is 17.3 Å². The molecule has 27 heavy (non-hydrogen) atoms. The number of carbonyl (C=O) groups excluding carboxylic acids is 1. The third kappa shape index (κ3) is 3.46. The maximum atomic E-state index is 12.9. The van der Waals surface area contributed by atoms with E-state index in [2.05, 4.69) is 15.4 Å². The Labute approximate surface area is 155 Å². The second kappa shape index (κ2) is 7.06. The second-order valence-electron chi connectivity index (χ2n) is 6.40. The number of fused-ring (bicyclic) bond motifs is 1. The number of ether oxygens (including phenoxy) is 1. The number of rotatable bonds is 5. The van der Waals surface area contributed by atoms with Gasteiger partial charge in [0.1, 0.15) is 5.75 Å². The Hall–Kier alpha value is -3.42. The van der Waals surface area contributed by atoms with Crippen LogP contribution in [0.3, 0.4) is 0 Å². The Bertz CT molecular complexity index is 1040. The molecule has 0 saturated carbocycles. The van der Waals surface area contributed by atoms with E-state index < -0.39 is 11.9 Å². The van der Waals surface area contributed by atoms with Crippen molar-refractivity contribution in [2.75, 3.05) is 12.4 Å². The second-order valence-corrected chi connectivity index (χ2v) is 6.40. The van der Waals surface area contributed by atoms with Crippen molar-refractivity contribution in [2.45, 2.75) is 26.8 Å². The molecule has 1 aromatic carbocycles. The number of methoxy groups -OCH3 is 1. The zero-order valence-corrected chi connectivity index (χ0v) is 15.5. The van der Waals surface area contributed by atoms with E-state index in [0.29, 0.717) is 28.0 Å². The molecule has 8 heteroatoms.